The lowest BCUT2D eigenvalue weighted by molar-refractivity contribution is 0.686. The first-order valence-corrected chi connectivity index (χ1v) is 31.0. The van der Waals surface area contributed by atoms with Crippen LogP contribution in [-0.4, -0.2) is 9.13 Å². The van der Waals surface area contributed by atoms with Crippen molar-refractivity contribution in [3.8, 4) is 11.4 Å². The third kappa shape index (κ3) is 7.72. The van der Waals surface area contributed by atoms with Gasteiger partial charge in [-0.3, -0.25) is 0 Å². The molecule has 2 aliphatic carbocycles. The first-order chi connectivity index (χ1) is 41.2. The van der Waals surface area contributed by atoms with E-state index in [0.29, 0.717) is 0 Å². The quantitative estimate of drug-likeness (QED) is 0.127. The molecule has 0 radical (unpaired) electrons. The predicted molar refractivity (Wildman–Crippen MR) is 359 cm³/mol. The smallest absolute Gasteiger partial charge is 0.0543 e. The molecule has 2 heterocycles. The molecule has 84 heavy (non-hydrogen) atoms. The molecule has 14 aromatic rings. The number of fused-ring (bicyclic) bond motifs is 8. The average molecular weight is 1090 g/mol. The Hall–Kier alpha value is -9.12. The summed E-state index contributed by atoms with van der Waals surface area (Å²) in [6.07, 6.45) is 9.20. The van der Waals surface area contributed by atoms with E-state index in [4.69, 9.17) is 0 Å². The van der Waals surface area contributed by atoms with Crippen molar-refractivity contribution >= 4 is 110 Å². The van der Waals surface area contributed by atoms with Gasteiger partial charge in [-0.15, -0.1) is 0 Å². The Balaban J connectivity index is 0.991. The normalized spacial score (nSPS) is 13.7. The van der Waals surface area contributed by atoms with Crippen molar-refractivity contribution < 1.29 is 0 Å². The van der Waals surface area contributed by atoms with Crippen LogP contribution in [0.15, 0.2) is 206 Å². The lowest BCUT2D eigenvalue weighted by Gasteiger charge is -2.34. The molecule has 4 nitrogen and oxygen atoms in total. The van der Waals surface area contributed by atoms with E-state index in [9.17, 15) is 0 Å². The van der Waals surface area contributed by atoms with E-state index < -0.39 is 0 Å². The first kappa shape index (κ1) is 50.6. The predicted octanol–water partition coefficient (Wildman–Crippen LogP) is 22.3. The third-order valence-electron chi connectivity index (χ3n) is 19.4. The molecule has 0 unspecified atom stereocenters. The maximum Gasteiger partial charge on any atom is 0.0543 e. The van der Waals surface area contributed by atoms with Crippen LogP contribution in [0.4, 0.5) is 34.1 Å². The summed E-state index contributed by atoms with van der Waals surface area (Å²) in [7, 11) is 0. The van der Waals surface area contributed by atoms with Crippen molar-refractivity contribution in [3.63, 3.8) is 0 Å². The monoisotopic (exact) mass is 1090 g/mol. The van der Waals surface area contributed by atoms with Gasteiger partial charge in [0.1, 0.15) is 0 Å². The molecule has 410 valence electrons. The Morgan fingerprint density at radius 3 is 1.15 bits per heavy atom. The van der Waals surface area contributed by atoms with Crippen molar-refractivity contribution in [1.29, 1.82) is 0 Å². The third-order valence-corrected chi connectivity index (χ3v) is 19.4. The SMILES string of the molecule is Cc1ccccc1-n1c2ccccc2c2cc(N(c3cccc4c3CCCC4)c3cc(C(C)C)c4ccc5c(N(c6ccc7c(c6)c6ccccc6n7-c6ccccc6C)c6cccc7c6CCCC7)cc(C(C)C)c6ccc3c4c65)ccc21. The van der Waals surface area contributed by atoms with Gasteiger partial charge in [0.15, 0.2) is 0 Å². The molecule has 0 saturated heterocycles. The fraction of sp³-hybridized carbons (Fsp3) is 0.200. The fourth-order valence-electron chi connectivity index (χ4n) is 15.4. The number of hydrogen-bond acceptors (Lipinski definition) is 2. The van der Waals surface area contributed by atoms with E-state index in [1.54, 1.807) is 0 Å². The van der Waals surface area contributed by atoms with Gasteiger partial charge in [-0.25, -0.2) is 0 Å². The highest BCUT2D eigenvalue weighted by molar-refractivity contribution is 6.30. The standard InChI is InChI=1S/C80H70N4/c1-49(2)65-47-77(81(71-35-19-25-53-23-9-11-27-57(53)71)55-37-43-75-67(45-55)59-29-13-17-33-73(59)83(75)69-31-15-7-21-51(69)5)63-42-40-62-66(50(3)4)48-78(64-41-39-61(65)79(63)80(62)64)82(72-36-20-26-54-24-10-12-28-58(54)72)56-38-44-76-68(46-56)60-30-14-18-34-74(60)84(76)70-32-16-8-22-52(70)6/h7-8,13-22,25-26,29-50H,9-12,23-24,27-28H2,1-6H3. The van der Waals surface area contributed by atoms with Gasteiger partial charge in [0, 0.05) is 66.4 Å². The molecule has 16 rings (SSSR count). The number of rotatable bonds is 10. The molecule has 4 heteroatoms. The highest BCUT2D eigenvalue weighted by Crippen LogP contribution is 2.53. The van der Waals surface area contributed by atoms with Gasteiger partial charge in [-0.05, 0) is 228 Å². The molecule has 0 spiro atoms. The number of nitrogens with zero attached hydrogens (tertiary/aromatic N) is 4. The van der Waals surface area contributed by atoms with E-state index >= 15 is 0 Å². The maximum absolute atomic E-state index is 2.68. The zero-order chi connectivity index (χ0) is 56.5. The molecule has 0 fully saturated rings. The van der Waals surface area contributed by atoms with Gasteiger partial charge >= 0.3 is 0 Å². The summed E-state index contributed by atoms with van der Waals surface area (Å²) in [4.78, 5) is 5.35. The number of anilines is 6. The second-order valence-corrected chi connectivity index (χ2v) is 24.9. The Bertz CT molecular complexity index is 4650. The Labute approximate surface area is 493 Å². The van der Waals surface area contributed by atoms with Gasteiger partial charge in [-0.1, -0.05) is 149 Å². The van der Waals surface area contributed by atoms with Gasteiger partial charge in [0.25, 0.3) is 0 Å². The summed E-state index contributed by atoms with van der Waals surface area (Å²) >= 11 is 0. The second-order valence-electron chi connectivity index (χ2n) is 24.9. The summed E-state index contributed by atoms with van der Waals surface area (Å²) in [5.41, 5.74) is 25.9. The van der Waals surface area contributed by atoms with Crippen LogP contribution in [0.2, 0.25) is 0 Å². The van der Waals surface area contributed by atoms with Gasteiger partial charge in [-0.2, -0.15) is 0 Å². The van der Waals surface area contributed by atoms with Crippen molar-refractivity contribution in [2.75, 3.05) is 9.80 Å². The number of para-hydroxylation sites is 4. The van der Waals surface area contributed by atoms with E-state index in [0.717, 1.165) is 25.7 Å². The molecule has 0 amide bonds. The van der Waals surface area contributed by atoms with Crippen LogP contribution in [0.1, 0.15) is 110 Å². The van der Waals surface area contributed by atoms with Crippen molar-refractivity contribution in [3.05, 3.63) is 251 Å². The van der Waals surface area contributed by atoms with Crippen molar-refractivity contribution in [1.82, 2.24) is 9.13 Å². The lowest BCUT2D eigenvalue weighted by atomic mass is 9.83. The number of aryl methyl sites for hydroxylation is 4. The van der Waals surface area contributed by atoms with Gasteiger partial charge in [0.2, 0.25) is 0 Å². The van der Waals surface area contributed by atoms with Crippen LogP contribution in [0.25, 0.3) is 87.3 Å². The zero-order valence-electron chi connectivity index (χ0n) is 49.2. The minimum absolute atomic E-state index is 0.263. The summed E-state index contributed by atoms with van der Waals surface area (Å²) in [5.74, 6) is 0.527. The molecular weight excluding hydrogens is 1020 g/mol. The van der Waals surface area contributed by atoms with E-state index in [1.165, 1.54) is 192 Å². The molecule has 0 saturated carbocycles. The molecule has 0 atom stereocenters. The summed E-state index contributed by atoms with van der Waals surface area (Å²) in [5, 5.41) is 13.0. The highest BCUT2D eigenvalue weighted by Gasteiger charge is 2.30. The first-order valence-electron chi connectivity index (χ1n) is 31.0. The van der Waals surface area contributed by atoms with Crippen LogP contribution < -0.4 is 9.80 Å². The Kier molecular flexibility index (Phi) is 11.9. The molecule has 0 aliphatic heterocycles. The molecule has 2 aliphatic rings. The number of benzene rings is 12. The van der Waals surface area contributed by atoms with Crippen LogP contribution in [0.3, 0.4) is 0 Å². The molecular formula is C80H70N4. The van der Waals surface area contributed by atoms with Gasteiger partial charge < -0.3 is 18.9 Å². The molecule has 0 N–H and O–H groups in total. The highest BCUT2D eigenvalue weighted by atomic mass is 15.2. The average Bonchev–Trinajstić information content (AvgIpc) is 0.925. The summed E-state index contributed by atoms with van der Waals surface area (Å²) in [6.45, 7) is 14.1. The van der Waals surface area contributed by atoms with Gasteiger partial charge in [0.05, 0.1) is 33.4 Å². The second kappa shape index (κ2) is 19.8. The van der Waals surface area contributed by atoms with E-state index in [1.807, 2.05) is 0 Å². The molecule has 2 aromatic heterocycles. The summed E-state index contributed by atoms with van der Waals surface area (Å²) in [6, 6.07) is 79.6. The van der Waals surface area contributed by atoms with Crippen LogP contribution >= 0.6 is 0 Å². The zero-order valence-corrected chi connectivity index (χ0v) is 49.2. The number of hydrogen-bond donors (Lipinski definition) is 0. The van der Waals surface area contributed by atoms with Crippen LogP contribution in [-0.2, 0) is 25.7 Å². The topological polar surface area (TPSA) is 16.3 Å². The van der Waals surface area contributed by atoms with Crippen molar-refractivity contribution in [2.45, 2.75) is 105 Å². The largest absolute Gasteiger partial charge is 0.310 e. The lowest BCUT2D eigenvalue weighted by Crippen LogP contribution is -2.17. The Morgan fingerprint density at radius 1 is 0.321 bits per heavy atom. The fourth-order valence-corrected chi connectivity index (χ4v) is 15.4. The Morgan fingerprint density at radius 2 is 0.714 bits per heavy atom. The van der Waals surface area contributed by atoms with Crippen LogP contribution in [0, 0.1) is 13.8 Å². The van der Waals surface area contributed by atoms with Crippen molar-refractivity contribution in [2.24, 2.45) is 0 Å². The summed E-state index contributed by atoms with van der Waals surface area (Å²) < 4.78 is 4.96. The number of aromatic nitrogens is 2. The maximum atomic E-state index is 2.68. The molecule has 12 aromatic carbocycles. The minimum atomic E-state index is 0.263. The minimum Gasteiger partial charge on any atom is -0.310 e. The molecule has 0 bridgehead atoms. The van der Waals surface area contributed by atoms with Crippen LogP contribution in [0.5, 0.6) is 0 Å². The van der Waals surface area contributed by atoms with E-state index in [-0.39, 0.29) is 11.8 Å². The van der Waals surface area contributed by atoms with E-state index in [2.05, 4.69) is 267 Å².